The predicted octanol–water partition coefficient (Wildman–Crippen LogP) is 3.00. The monoisotopic (exact) mass is 397 g/mol. The van der Waals surface area contributed by atoms with Crippen LogP contribution in [0.5, 0.6) is 0 Å². The van der Waals surface area contributed by atoms with Gasteiger partial charge in [-0.05, 0) is 49.0 Å². The van der Waals surface area contributed by atoms with Crippen LogP contribution in [0.4, 0.5) is 18.9 Å². The molecule has 0 saturated heterocycles. The first-order chi connectivity index (χ1) is 12.7. The third-order valence-electron chi connectivity index (χ3n) is 4.19. The number of aromatic nitrogens is 1. The van der Waals surface area contributed by atoms with Crippen LogP contribution in [0.3, 0.4) is 0 Å². The van der Waals surface area contributed by atoms with Gasteiger partial charge in [-0.2, -0.15) is 13.2 Å². The van der Waals surface area contributed by atoms with Gasteiger partial charge in [0, 0.05) is 18.1 Å². The van der Waals surface area contributed by atoms with Gasteiger partial charge in [-0.1, -0.05) is 12.1 Å². The Kier molecular flexibility index (Phi) is 7.15. The largest absolute Gasteiger partial charge is 0.416 e. The van der Waals surface area contributed by atoms with Crippen molar-refractivity contribution in [2.75, 3.05) is 32.5 Å². The molecule has 0 bridgehead atoms. The van der Waals surface area contributed by atoms with Crippen LogP contribution in [0.25, 0.3) is 0 Å². The fourth-order valence-electron chi connectivity index (χ4n) is 2.59. The number of pyridine rings is 1. The maximum absolute atomic E-state index is 12.9. The number of hydrogen-bond donors (Lipinski definition) is 2. The topological polar surface area (TPSA) is 32.6 Å². The lowest BCUT2D eigenvalue weighted by Gasteiger charge is -2.32. The average molecular weight is 397 g/mol. The molecule has 0 amide bonds. The van der Waals surface area contributed by atoms with Gasteiger partial charge in [0.25, 0.3) is 0 Å². The Morgan fingerprint density at radius 3 is 2.59 bits per heavy atom. The average Bonchev–Trinajstić information content (AvgIpc) is 2.61. The minimum atomic E-state index is -4.39. The Balaban J connectivity index is 2.21. The van der Waals surface area contributed by atoms with Crippen molar-refractivity contribution in [2.45, 2.75) is 19.1 Å². The molecule has 1 aromatic heterocycles. The number of benzene rings is 1. The number of thiocarbonyl (C=S) groups is 1. The Morgan fingerprint density at radius 2 is 2.00 bits per heavy atom. The van der Waals surface area contributed by atoms with Gasteiger partial charge >= 0.3 is 6.18 Å². The standard InChI is InChI=1S/C19H23F3N4S/c1-14(15-6-5-9-23-13-15)26(11-10-25(2)3)18(27)24-17-8-4-7-16(12-17)19(20,21)22/h4-9,12-14H,10-11H2,1-3H3,(H,24,27)/p+1. The molecule has 1 aromatic carbocycles. The number of halogens is 3. The minimum absolute atomic E-state index is 0.0659. The fraction of sp³-hybridized carbons (Fsp3) is 0.368. The number of nitrogens with zero attached hydrogens (tertiary/aromatic N) is 2. The Morgan fingerprint density at radius 1 is 1.26 bits per heavy atom. The molecular formula is C19H24F3N4S+. The molecule has 0 aliphatic heterocycles. The van der Waals surface area contributed by atoms with Crippen molar-refractivity contribution in [3.8, 4) is 0 Å². The van der Waals surface area contributed by atoms with E-state index in [1.54, 1.807) is 18.5 Å². The summed E-state index contributed by atoms with van der Waals surface area (Å²) in [4.78, 5) is 7.37. The van der Waals surface area contributed by atoms with E-state index in [0.29, 0.717) is 17.3 Å². The number of hydrogen-bond acceptors (Lipinski definition) is 2. The van der Waals surface area contributed by atoms with Crippen LogP contribution < -0.4 is 10.2 Å². The second-order valence-corrected chi connectivity index (χ2v) is 7.01. The molecule has 1 unspecified atom stereocenters. The van der Waals surface area contributed by atoms with E-state index in [1.807, 2.05) is 38.1 Å². The summed E-state index contributed by atoms with van der Waals surface area (Å²) in [5, 5.41) is 3.34. The third kappa shape index (κ3) is 6.18. The molecular weight excluding hydrogens is 373 g/mol. The van der Waals surface area contributed by atoms with Gasteiger partial charge in [0.1, 0.15) is 0 Å². The summed E-state index contributed by atoms with van der Waals surface area (Å²) in [6.45, 7) is 3.49. The van der Waals surface area contributed by atoms with Crippen LogP contribution >= 0.6 is 12.2 Å². The van der Waals surface area contributed by atoms with E-state index < -0.39 is 11.7 Å². The van der Waals surface area contributed by atoms with Crippen molar-refractivity contribution < 1.29 is 18.1 Å². The highest BCUT2D eigenvalue weighted by Gasteiger charge is 2.30. The summed E-state index contributed by atoms with van der Waals surface area (Å²) < 4.78 is 38.8. The van der Waals surface area contributed by atoms with E-state index in [0.717, 1.165) is 24.2 Å². The van der Waals surface area contributed by atoms with Crippen molar-refractivity contribution in [3.05, 3.63) is 59.9 Å². The summed E-state index contributed by atoms with van der Waals surface area (Å²) in [6.07, 6.45) is -0.924. The zero-order chi connectivity index (χ0) is 20.0. The normalized spacial score (nSPS) is 12.7. The first-order valence-corrected chi connectivity index (χ1v) is 9.03. The predicted molar refractivity (Wildman–Crippen MR) is 105 cm³/mol. The maximum Gasteiger partial charge on any atom is 0.416 e. The highest BCUT2D eigenvalue weighted by atomic mass is 32.1. The smallest absolute Gasteiger partial charge is 0.338 e. The van der Waals surface area contributed by atoms with Crippen molar-refractivity contribution in [1.29, 1.82) is 0 Å². The number of rotatable bonds is 6. The number of alkyl halides is 3. The summed E-state index contributed by atoms with van der Waals surface area (Å²) in [5.74, 6) is 0. The van der Waals surface area contributed by atoms with Crippen molar-refractivity contribution >= 4 is 23.0 Å². The second kappa shape index (κ2) is 9.14. The lowest BCUT2D eigenvalue weighted by Crippen LogP contribution is -3.06. The van der Waals surface area contributed by atoms with Crippen LogP contribution in [0.2, 0.25) is 0 Å². The van der Waals surface area contributed by atoms with Crippen LogP contribution in [0.1, 0.15) is 24.1 Å². The molecule has 2 N–H and O–H groups in total. The van der Waals surface area contributed by atoms with Crippen LogP contribution in [-0.4, -0.2) is 42.2 Å². The van der Waals surface area contributed by atoms with E-state index in [-0.39, 0.29) is 6.04 Å². The summed E-state index contributed by atoms with van der Waals surface area (Å²) >= 11 is 5.53. The Labute approximate surface area is 163 Å². The molecule has 0 fully saturated rings. The van der Waals surface area contributed by atoms with E-state index in [4.69, 9.17) is 12.2 Å². The van der Waals surface area contributed by atoms with Crippen LogP contribution in [0.15, 0.2) is 48.8 Å². The van der Waals surface area contributed by atoms with Gasteiger partial charge in [0.2, 0.25) is 0 Å². The van der Waals surface area contributed by atoms with E-state index >= 15 is 0 Å². The number of nitrogens with one attached hydrogen (secondary N) is 2. The zero-order valence-corrected chi connectivity index (χ0v) is 16.4. The minimum Gasteiger partial charge on any atom is -0.338 e. The Bertz CT molecular complexity index is 750. The zero-order valence-electron chi connectivity index (χ0n) is 15.5. The Hall–Kier alpha value is -2.19. The van der Waals surface area contributed by atoms with Gasteiger partial charge in [0.15, 0.2) is 5.11 Å². The van der Waals surface area contributed by atoms with Gasteiger partial charge in [-0.25, -0.2) is 0 Å². The van der Waals surface area contributed by atoms with E-state index in [2.05, 4.69) is 10.3 Å². The van der Waals surface area contributed by atoms with Gasteiger partial charge in [-0.15, -0.1) is 0 Å². The van der Waals surface area contributed by atoms with Gasteiger partial charge in [-0.3, -0.25) is 4.98 Å². The molecule has 8 heteroatoms. The van der Waals surface area contributed by atoms with Gasteiger partial charge in [0.05, 0.1) is 38.8 Å². The number of anilines is 1. The van der Waals surface area contributed by atoms with Crippen LogP contribution in [0, 0.1) is 0 Å². The molecule has 0 aliphatic rings. The lowest BCUT2D eigenvalue weighted by atomic mass is 10.1. The molecule has 2 rings (SSSR count). The lowest BCUT2D eigenvalue weighted by molar-refractivity contribution is -0.857. The van der Waals surface area contributed by atoms with Crippen molar-refractivity contribution in [2.24, 2.45) is 0 Å². The van der Waals surface area contributed by atoms with Crippen molar-refractivity contribution in [3.63, 3.8) is 0 Å². The highest BCUT2D eigenvalue weighted by molar-refractivity contribution is 7.80. The molecule has 2 aromatic rings. The van der Waals surface area contributed by atoms with Gasteiger partial charge < -0.3 is 15.1 Å². The number of likely N-dealkylation sites (N-methyl/N-ethyl adjacent to an activating group) is 1. The molecule has 27 heavy (non-hydrogen) atoms. The third-order valence-corrected chi connectivity index (χ3v) is 4.53. The van der Waals surface area contributed by atoms with E-state index in [1.165, 1.54) is 11.0 Å². The quantitative estimate of drug-likeness (QED) is 0.734. The molecule has 0 spiro atoms. The fourth-order valence-corrected chi connectivity index (χ4v) is 2.95. The molecule has 0 radical (unpaired) electrons. The highest BCUT2D eigenvalue weighted by Crippen LogP contribution is 2.31. The summed E-state index contributed by atoms with van der Waals surface area (Å²) in [6, 6.07) is 8.79. The molecule has 0 aliphatic carbocycles. The second-order valence-electron chi connectivity index (χ2n) is 6.62. The molecule has 1 heterocycles. The molecule has 146 valence electrons. The van der Waals surface area contributed by atoms with E-state index in [9.17, 15) is 13.2 Å². The molecule has 4 nitrogen and oxygen atoms in total. The summed E-state index contributed by atoms with van der Waals surface area (Å²) in [5.41, 5.74) is 0.592. The molecule has 1 atom stereocenters. The SMILES string of the molecule is CC(c1cccnc1)N(CC[NH+](C)C)C(=S)Nc1cccc(C(F)(F)F)c1. The summed E-state index contributed by atoms with van der Waals surface area (Å²) in [7, 11) is 4.08. The van der Waals surface area contributed by atoms with Crippen LogP contribution in [-0.2, 0) is 6.18 Å². The van der Waals surface area contributed by atoms with Crippen molar-refractivity contribution in [1.82, 2.24) is 9.88 Å². The number of quaternary nitrogens is 1. The maximum atomic E-state index is 12.9. The first kappa shape index (κ1) is 21.1. The first-order valence-electron chi connectivity index (χ1n) is 8.62. The molecule has 0 saturated carbocycles.